The smallest absolute Gasteiger partial charge is 0.251 e. The van der Waals surface area contributed by atoms with Crippen LogP contribution in [0.2, 0.25) is 0 Å². The average molecular weight is 459 g/mol. The molecule has 0 aliphatic carbocycles. The van der Waals surface area contributed by atoms with Crippen molar-refractivity contribution < 1.29 is 22.7 Å². The molecule has 1 N–H and O–H groups in total. The van der Waals surface area contributed by atoms with Gasteiger partial charge in [0.15, 0.2) is 11.5 Å². The Labute approximate surface area is 190 Å². The average Bonchev–Trinajstić information content (AvgIpc) is 2.82. The highest BCUT2D eigenvalue weighted by atomic mass is 32.2. The molecule has 1 saturated heterocycles. The topological polar surface area (TPSA) is 84.9 Å². The summed E-state index contributed by atoms with van der Waals surface area (Å²) in [6.07, 6.45) is 5.08. The van der Waals surface area contributed by atoms with E-state index in [0.717, 1.165) is 24.8 Å². The first-order valence-corrected chi connectivity index (χ1v) is 12.1. The van der Waals surface area contributed by atoms with Crippen LogP contribution in [0.15, 0.2) is 53.9 Å². The molecule has 3 rings (SSSR count). The van der Waals surface area contributed by atoms with Gasteiger partial charge in [-0.1, -0.05) is 24.6 Å². The van der Waals surface area contributed by atoms with E-state index < -0.39 is 10.0 Å². The Bertz CT molecular complexity index is 1080. The van der Waals surface area contributed by atoms with E-state index in [1.54, 1.807) is 53.9 Å². The number of carbonyl (C=O) groups excluding carboxylic acids is 1. The zero-order valence-electron chi connectivity index (χ0n) is 18.6. The Hall–Kier alpha value is -2.84. The molecule has 2 aromatic carbocycles. The molecule has 1 heterocycles. The number of methoxy groups -OCH3 is 2. The van der Waals surface area contributed by atoms with Crippen LogP contribution in [-0.2, 0) is 23.0 Å². The molecule has 1 amide bonds. The Balaban J connectivity index is 1.76. The van der Waals surface area contributed by atoms with Gasteiger partial charge in [-0.25, -0.2) is 8.42 Å². The number of benzene rings is 2. The van der Waals surface area contributed by atoms with Gasteiger partial charge >= 0.3 is 0 Å². The minimum absolute atomic E-state index is 0.202. The number of piperidine rings is 1. The van der Waals surface area contributed by atoms with Crippen molar-refractivity contribution >= 4 is 15.9 Å². The highest BCUT2D eigenvalue weighted by molar-refractivity contribution is 7.89. The Morgan fingerprint density at radius 3 is 2.53 bits per heavy atom. The lowest BCUT2D eigenvalue weighted by molar-refractivity contribution is 0.0950. The lowest BCUT2D eigenvalue weighted by Gasteiger charge is -2.26. The van der Waals surface area contributed by atoms with Gasteiger partial charge in [0, 0.05) is 30.8 Å². The normalized spacial score (nSPS) is 14.6. The Morgan fingerprint density at radius 2 is 1.88 bits per heavy atom. The predicted octanol–water partition coefficient (Wildman–Crippen LogP) is 3.54. The van der Waals surface area contributed by atoms with Crippen molar-refractivity contribution in [2.24, 2.45) is 0 Å². The number of rotatable bonds is 9. The van der Waals surface area contributed by atoms with Crippen LogP contribution in [0.5, 0.6) is 11.5 Å². The summed E-state index contributed by atoms with van der Waals surface area (Å²) in [6.45, 7) is 5.05. The number of amides is 1. The third kappa shape index (κ3) is 5.31. The molecule has 0 radical (unpaired) electrons. The van der Waals surface area contributed by atoms with Gasteiger partial charge < -0.3 is 14.8 Å². The molecule has 2 aromatic rings. The first kappa shape index (κ1) is 23.8. The standard InChI is InChI=1S/C24H30N2O5S/c1-4-9-19-15-20(16-22(30-2)23(19)31-3)24(27)25-17-18-10-8-11-21(14-18)32(28,29)26-12-6-5-7-13-26/h4,8,10-11,14-16H,1,5-7,9,12-13,17H2,2-3H3,(H,25,27). The molecule has 0 unspecified atom stereocenters. The molecule has 0 spiro atoms. The van der Waals surface area contributed by atoms with E-state index in [1.807, 2.05) is 0 Å². The van der Waals surface area contributed by atoms with Crippen LogP contribution >= 0.6 is 0 Å². The Morgan fingerprint density at radius 1 is 1.12 bits per heavy atom. The van der Waals surface area contributed by atoms with Crippen LogP contribution in [-0.4, -0.2) is 45.9 Å². The fourth-order valence-electron chi connectivity index (χ4n) is 3.84. The van der Waals surface area contributed by atoms with Crippen LogP contribution in [0.4, 0.5) is 0 Å². The van der Waals surface area contributed by atoms with E-state index in [2.05, 4.69) is 11.9 Å². The molecule has 172 valence electrons. The molecular weight excluding hydrogens is 428 g/mol. The van der Waals surface area contributed by atoms with Crippen LogP contribution < -0.4 is 14.8 Å². The maximum Gasteiger partial charge on any atom is 0.251 e. The first-order valence-electron chi connectivity index (χ1n) is 10.6. The van der Waals surface area contributed by atoms with Crippen molar-refractivity contribution in [3.05, 3.63) is 65.7 Å². The van der Waals surface area contributed by atoms with Gasteiger partial charge in [0.05, 0.1) is 19.1 Å². The SMILES string of the molecule is C=CCc1cc(C(=O)NCc2cccc(S(=O)(=O)N3CCCCC3)c2)cc(OC)c1OC. The van der Waals surface area contributed by atoms with Crippen LogP contribution in [0.3, 0.4) is 0 Å². The van der Waals surface area contributed by atoms with E-state index in [0.29, 0.717) is 42.1 Å². The fraction of sp³-hybridized carbons (Fsp3) is 0.375. The highest BCUT2D eigenvalue weighted by Gasteiger charge is 2.26. The molecule has 7 nitrogen and oxygen atoms in total. The fourth-order valence-corrected chi connectivity index (χ4v) is 5.42. The van der Waals surface area contributed by atoms with Gasteiger partial charge in [0.2, 0.25) is 10.0 Å². The summed E-state index contributed by atoms with van der Waals surface area (Å²) in [5.74, 6) is 0.742. The zero-order chi connectivity index (χ0) is 23.1. The van der Waals surface area contributed by atoms with E-state index in [-0.39, 0.29) is 17.3 Å². The van der Waals surface area contributed by atoms with Crippen molar-refractivity contribution in [2.75, 3.05) is 27.3 Å². The molecule has 1 aliphatic heterocycles. The van der Waals surface area contributed by atoms with Gasteiger partial charge in [-0.3, -0.25) is 4.79 Å². The Kier molecular flexibility index (Phi) is 7.93. The number of carbonyl (C=O) groups is 1. The van der Waals surface area contributed by atoms with E-state index >= 15 is 0 Å². The molecule has 0 aromatic heterocycles. The number of hydrogen-bond acceptors (Lipinski definition) is 5. The number of allylic oxidation sites excluding steroid dienone is 1. The van der Waals surface area contributed by atoms with Crippen molar-refractivity contribution in [3.8, 4) is 11.5 Å². The van der Waals surface area contributed by atoms with Crippen molar-refractivity contribution in [2.45, 2.75) is 37.1 Å². The minimum Gasteiger partial charge on any atom is -0.493 e. The second-order valence-corrected chi connectivity index (χ2v) is 9.60. The van der Waals surface area contributed by atoms with Crippen LogP contribution in [0, 0.1) is 0 Å². The summed E-state index contributed by atoms with van der Waals surface area (Å²) in [7, 11) is -0.453. The summed E-state index contributed by atoms with van der Waals surface area (Å²) in [5, 5.41) is 2.86. The summed E-state index contributed by atoms with van der Waals surface area (Å²) in [6, 6.07) is 10.1. The van der Waals surface area contributed by atoms with Gasteiger partial charge in [-0.05, 0) is 49.1 Å². The third-order valence-electron chi connectivity index (χ3n) is 5.49. The molecule has 0 saturated carbocycles. The quantitative estimate of drug-likeness (QED) is 0.581. The lowest BCUT2D eigenvalue weighted by atomic mass is 10.0. The van der Waals surface area contributed by atoms with Crippen LogP contribution in [0.25, 0.3) is 0 Å². The second kappa shape index (κ2) is 10.7. The van der Waals surface area contributed by atoms with Gasteiger partial charge in [0.1, 0.15) is 0 Å². The van der Waals surface area contributed by atoms with Crippen molar-refractivity contribution in [1.82, 2.24) is 9.62 Å². The molecule has 1 fully saturated rings. The summed E-state index contributed by atoms with van der Waals surface area (Å²) in [4.78, 5) is 13.1. The van der Waals surface area contributed by atoms with Crippen molar-refractivity contribution in [1.29, 1.82) is 0 Å². The summed E-state index contributed by atoms with van der Waals surface area (Å²) in [5.41, 5.74) is 1.93. The maximum atomic E-state index is 12.9. The van der Waals surface area contributed by atoms with E-state index in [1.165, 1.54) is 7.11 Å². The van der Waals surface area contributed by atoms with E-state index in [9.17, 15) is 13.2 Å². The molecular formula is C24H30N2O5S. The van der Waals surface area contributed by atoms with Gasteiger partial charge in [-0.2, -0.15) is 4.31 Å². The molecule has 0 atom stereocenters. The molecule has 8 heteroatoms. The van der Waals surface area contributed by atoms with Gasteiger partial charge in [-0.15, -0.1) is 6.58 Å². The number of nitrogens with zero attached hydrogens (tertiary/aromatic N) is 1. The number of ether oxygens (including phenoxy) is 2. The van der Waals surface area contributed by atoms with Crippen molar-refractivity contribution in [3.63, 3.8) is 0 Å². The second-order valence-electron chi connectivity index (χ2n) is 7.66. The number of nitrogens with one attached hydrogen (secondary N) is 1. The summed E-state index contributed by atoms with van der Waals surface area (Å²) < 4.78 is 38.2. The monoisotopic (exact) mass is 458 g/mol. The largest absolute Gasteiger partial charge is 0.493 e. The molecule has 1 aliphatic rings. The number of hydrogen-bond donors (Lipinski definition) is 1. The maximum absolute atomic E-state index is 12.9. The zero-order valence-corrected chi connectivity index (χ0v) is 19.4. The number of sulfonamides is 1. The third-order valence-corrected chi connectivity index (χ3v) is 7.38. The molecule has 0 bridgehead atoms. The van der Waals surface area contributed by atoms with Crippen LogP contribution in [0.1, 0.15) is 40.7 Å². The van der Waals surface area contributed by atoms with E-state index in [4.69, 9.17) is 9.47 Å². The highest BCUT2D eigenvalue weighted by Crippen LogP contribution is 2.33. The minimum atomic E-state index is -3.52. The first-order chi connectivity index (χ1) is 15.4. The molecule has 32 heavy (non-hydrogen) atoms. The lowest BCUT2D eigenvalue weighted by Crippen LogP contribution is -2.35. The van der Waals surface area contributed by atoms with Gasteiger partial charge in [0.25, 0.3) is 5.91 Å². The summed E-state index contributed by atoms with van der Waals surface area (Å²) >= 11 is 0. The predicted molar refractivity (Wildman–Crippen MR) is 124 cm³/mol.